The summed E-state index contributed by atoms with van der Waals surface area (Å²) in [6.07, 6.45) is 0. The van der Waals surface area contributed by atoms with Crippen LogP contribution < -0.4 is 0 Å². The van der Waals surface area contributed by atoms with Gasteiger partial charge in [-0.3, -0.25) is 0 Å². The third kappa shape index (κ3) is 1.74. The molecule has 0 aliphatic carbocycles. The van der Waals surface area contributed by atoms with Crippen LogP contribution in [0.4, 0.5) is 0 Å². The van der Waals surface area contributed by atoms with Gasteiger partial charge in [0.25, 0.3) is 0 Å². The fourth-order valence-electron chi connectivity index (χ4n) is 1.93. The van der Waals surface area contributed by atoms with Crippen LogP contribution in [0.15, 0.2) is 24.3 Å². The molecule has 0 aliphatic heterocycles. The fourth-order valence-corrected chi connectivity index (χ4v) is 1.93. The Morgan fingerprint density at radius 1 is 1.31 bits per heavy atom. The van der Waals surface area contributed by atoms with Crippen LogP contribution in [0.1, 0.15) is 17.0 Å². The number of aliphatic hydroxyl groups excluding tert-OH is 1. The highest BCUT2D eigenvalue weighted by atomic mass is 16.3. The molecule has 0 bridgehead atoms. The second-order valence-electron chi connectivity index (χ2n) is 4.05. The monoisotopic (exact) mass is 216 g/mol. The quantitative estimate of drug-likeness (QED) is 0.835. The van der Waals surface area contributed by atoms with Crippen molar-refractivity contribution in [3.8, 4) is 11.4 Å². The molecule has 84 valence electrons. The molecule has 0 saturated carbocycles. The molecule has 1 heterocycles. The van der Waals surface area contributed by atoms with Gasteiger partial charge in [-0.15, -0.1) is 0 Å². The second kappa shape index (κ2) is 4.10. The highest BCUT2D eigenvalue weighted by Gasteiger charge is 2.11. The van der Waals surface area contributed by atoms with Gasteiger partial charge in [0.15, 0.2) is 0 Å². The van der Waals surface area contributed by atoms with Gasteiger partial charge in [-0.25, -0.2) is 4.98 Å². The molecule has 1 aromatic heterocycles. The molecule has 2 aromatic rings. The van der Waals surface area contributed by atoms with E-state index in [-0.39, 0.29) is 6.61 Å². The lowest BCUT2D eigenvalue weighted by atomic mass is 10.1. The lowest BCUT2D eigenvalue weighted by molar-refractivity contribution is 0.272. The van der Waals surface area contributed by atoms with Crippen LogP contribution in [0, 0.1) is 13.8 Å². The Balaban J connectivity index is 2.56. The number of aromatic nitrogens is 2. The summed E-state index contributed by atoms with van der Waals surface area (Å²) in [5, 5.41) is 9.25. The number of aliphatic hydroxyl groups is 1. The molecule has 0 fully saturated rings. The molecule has 0 radical (unpaired) electrons. The Hall–Kier alpha value is -1.61. The van der Waals surface area contributed by atoms with Crippen LogP contribution in [-0.4, -0.2) is 14.7 Å². The SMILES string of the molecule is Cc1cccc(-c2nc(C)c(CO)n2C)c1. The van der Waals surface area contributed by atoms with E-state index in [1.54, 1.807) is 0 Å². The van der Waals surface area contributed by atoms with Gasteiger partial charge in [0.05, 0.1) is 18.0 Å². The van der Waals surface area contributed by atoms with E-state index in [1.165, 1.54) is 5.56 Å². The number of nitrogens with zero attached hydrogens (tertiary/aromatic N) is 2. The van der Waals surface area contributed by atoms with E-state index in [1.807, 2.05) is 30.7 Å². The zero-order valence-corrected chi connectivity index (χ0v) is 9.86. The van der Waals surface area contributed by atoms with Gasteiger partial charge in [0, 0.05) is 12.6 Å². The number of imidazole rings is 1. The first-order valence-corrected chi connectivity index (χ1v) is 5.33. The van der Waals surface area contributed by atoms with Crippen molar-refractivity contribution in [3.05, 3.63) is 41.2 Å². The van der Waals surface area contributed by atoms with Crippen molar-refractivity contribution < 1.29 is 5.11 Å². The molecular formula is C13H16N2O. The van der Waals surface area contributed by atoms with Crippen LogP contribution in [0.25, 0.3) is 11.4 Å². The van der Waals surface area contributed by atoms with Gasteiger partial charge in [-0.05, 0) is 19.9 Å². The minimum atomic E-state index is 0.0289. The van der Waals surface area contributed by atoms with Crippen LogP contribution >= 0.6 is 0 Å². The molecule has 16 heavy (non-hydrogen) atoms. The summed E-state index contributed by atoms with van der Waals surface area (Å²) in [7, 11) is 1.93. The van der Waals surface area contributed by atoms with Gasteiger partial charge in [0.2, 0.25) is 0 Å². The van der Waals surface area contributed by atoms with Crippen LogP contribution in [-0.2, 0) is 13.7 Å². The summed E-state index contributed by atoms with van der Waals surface area (Å²) >= 11 is 0. The number of aryl methyl sites for hydroxylation is 2. The molecule has 0 saturated heterocycles. The minimum Gasteiger partial charge on any atom is -0.390 e. The molecule has 1 aromatic carbocycles. The Labute approximate surface area is 95.4 Å². The maximum Gasteiger partial charge on any atom is 0.140 e. The summed E-state index contributed by atoms with van der Waals surface area (Å²) in [5.74, 6) is 0.908. The highest BCUT2D eigenvalue weighted by Crippen LogP contribution is 2.21. The Kier molecular flexibility index (Phi) is 2.79. The van der Waals surface area contributed by atoms with Crippen molar-refractivity contribution in [1.29, 1.82) is 0 Å². The maximum atomic E-state index is 9.25. The van der Waals surface area contributed by atoms with Crippen molar-refractivity contribution >= 4 is 0 Å². The van der Waals surface area contributed by atoms with Crippen molar-refractivity contribution in [2.24, 2.45) is 7.05 Å². The fraction of sp³-hybridized carbons (Fsp3) is 0.308. The minimum absolute atomic E-state index is 0.0289. The van der Waals surface area contributed by atoms with E-state index in [9.17, 15) is 5.11 Å². The van der Waals surface area contributed by atoms with Crippen molar-refractivity contribution in [3.63, 3.8) is 0 Å². The van der Waals surface area contributed by atoms with Crippen LogP contribution in [0.2, 0.25) is 0 Å². The topological polar surface area (TPSA) is 38.1 Å². The molecule has 0 unspecified atom stereocenters. The molecule has 0 atom stereocenters. The largest absolute Gasteiger partial charge is 0.390 e. The highest BCUT2D eigenvalue weighted by molar-refractivity contribution is 5.57. The smallest absolute Gasteiger partial charge is 0.140 e. The molecule has 1 N–H and O–H groups in total. The average molecular weight is 216 g/mol. The first-order chi connectivity index (χ1) is 7.63. The third-order valence-corrected chi connectivity index (χ3v) is 2.84. The normalized spacial score (nSPS) is 10.8. The number of rotatable bonds is 2. The van der Waals surface area contributed by atoms with Gasteiger partial charge >= 0.3 is 0 Å². The van der Waals surface area contributed by atoms with E-state index >= 15 is 0 Å². The Morgan fingerprint density at radius 3 is 2.62 bits per heavy atom. The van der Waals surface area contributed by atoms with Gasteiger partial charge in [-0.2, -0.15) is 0 Å². The first-order valence-electron chi connectivity index (χ1n) is 5.33. The molecule has 3 nitrogen and oxygen atoms in total. The van der Waals surface area contributed by atoms with E-state index < -0.39 is 0 Å². The summed E-state index contributed by atoms with van der Waals surface area (Å²) in [5.41, 5.74) is 4.06. The van der Waals surface area contributed by atoms with Gasteiger partial charge in [0.1, 0.15) is 5.82 Å². The lowest BCUT2D eigenvalue weighted by Gasteiger charge is -2.04. The van der Waals surface area contributed by atoms with E-state index in [0.29, 0.717) is 0 Å². The van der Waals surface area contributed by atoms with Crippen LogP contribution in [0.3, 0.4) is 0 Å². The summed E-state index contributed by atoms with van der Waals surface area (Å²) in [6.45, 7) is 4.01. The van der Waals surface area contributed by atoms with E-state index in [2.05, 4.69) is 24.0 Å². The molecular weight excluding hydrogens is 200 g/mol. The standard InChI is InChI=1S/C13H16N2O/c1-9-5-4-6-11(7-9)13-14-10(2)12(8-16)15(13)3/h4-7,16H,8H2,1-3H3. The third-order valence-electron chi connectivity index (χ3n) is 2.84. The van der Waals surface area contributed by atoms with Crippen molar-refractivity contribution in [2.45, 2.75) is 20.5 Å². The van der Waals surface area contributed by atoms with Crippen molar-refractivity contribution in [1.82, 2.24) is 9.55 Å². The van der Waals surface area contributed by atoms with E-state index in [4.69, 9.17) is 0 Å². The number of hydrogen-bond donors (Lipinski definition) is 1. The van der Waals surface area contributed by atoms with E-state index in [0.717, 1.165) is 22.8 Å². The van der Waals surface area contributed by atoms with Crippen LogP contribution in [0.5, 0.6) is 0 Å². The van der Waals surface area contributed by atoms with Gasteiger partial charge < -0.3 is 9.67 Å². The average Bonchev–Trinajstić information content (AvgIpc) is 2.54. The summed E-state index contributed by atoms with van der Waals surface area (Å²) < 4.78 is 1.95. The molecule has 0 spiro atoms. The second-order valence-corrected chi connectivity index (χ2v) is 4.05. The molecule has 2 rings (SSSR count). The predicted octanol–water partition coefficient (Wildman–Crippen LogP) is 2.20. The predicted molar refractivity (Wildman–Crippen MR) is 64.0 cm³/mol. The lowest BCUT2D eigenvalue weighted by Crippen LogP contribution is -1.99. The number of benzene rings is 1. The first kappa shape index (κ1) is 10.9. The Morgan fingerprint density at radius 2 is 2.06 bits per heavy atom. The maximum absolute atomic E-state index is 9.25. The molecule has 0 amide bonds. The number of hydrogen-bond acceptors (Lipinski definition) is 2. The molecule has 3 heteroatoms. The summed E-state index contributed by atoms with van der Waals surface area (Å²) in [6, 6.07) is 8.22. The summed E-state index contributed by atoms with van der Waals surface area (Å²) in [4.78, 5) is 4.50. The zero-order chi connectivity index (χ0) is 11.7. The molecule has 0 aliphatic rings. The van der Waals surface area contributed by atoms with Crippen molar-refractivity contribution in [2.75, 3.05) is 0 Å². The Bertz CT molecular complexity index is 515. The van der Waals surface area contributed by atoms with Gasteiger partial charge in [-0.1, -0.05) is 23.8 Å². The zero-order valence-electron chi connectivity index (χ0n) is 9.86.